The monoisotopic (exact) mass is 311 g/mol. The van der Waals surface area contributed by atoms with E-state index in [-0.39, 0.29) is 17.4 Å². The van der Waals surface area contributed by atoms with Crippen LogP contribution in [0.15, 0.2) is 32.3 Å². The number of fused-ring (bicyclic) bond motifs is 1. The van der Waals surface area contributed by atoms with Crippen LogP contribution >= 0.6 is 15.9 Å². The van der Waals surface area contributed by atoms with Crippen molar-refractivity contribution in [2.45, 2.75) is 13.1 Å². The second kappa shape index (κ2) is 4.70. The Morgan fingerprint density at radius 3 is 2.61 bits per heavy atom. The first-order chi connectivity index (χ1) is 8.49. The predicted octanol–water partition coefficient (Wildman–Crippen LogP) is 1.20. The Hall–Kier alpha value is -1.40. The van der Waals surface area contributed by atoms with Gasteiger partial charge in [0.25, 0.3) is 5.56 Å². The lowest BCUT2D eigenvalue weighted by Crippen LogP contribution is -2.44. The maximum absolute atomic E-state index is 12.4. The van der Waals surface area contributed by atoms with E-state index in [9.17, 15) is 9.59 Å². The molecule has 5 nitrogen and oxygen atoms in total. The third kappa shape index (κ3) is 1.81. The highest BCUT2D eigenvalue weighted by molar-refractivity contribution is 9.10. The zero-order valence-electron chi connectivity index (χ0n) is 10.4. The van der Waals surface area contributed by atoms with Gasteiger partial charge in [0, 0.05) is 11.5 Å². The van der Waals surface area contributed by atoms with Crippen LogP contribution in [-0.4, -0.2) is 16.2 Å². The van der Waals surface area contributed by atoms with E-state index in [4.69, 9.17) is 0 Å². The van der Waals surface area contributed by atoms with Gasteiger partial charge in [-0.15, -0.1) is 0 Å². The molecule has 96 valence electrons. The Morgan fingerprint density at radius 2 is 2.00 bits per heavy atom. The third-order valence-corrected chi connectivity index (χ3v) is 3.74. The summed E-state index contributed by atoms with van der Waals surface area (Å²) in [6.45, 7) is 1.77. The van der Waals surface area contributed by atoms with Crippen LogP contribution in [0.1, 0.15) is 13.1 Å². The van der Waals surface area contributed by atoms with Gasteiger partial charge < -0.3 is 5.32 Å². The SMILES string of the molecule is CNC(C)n1c(=O)c2c(Br)cccc2n(C)c1=O. The first kappa shape index (κ1) is 13.0. The van der Waals surface area contributed by atoms with Crippen molar-refractivity contribution in [1.82, 2.24) is 14.5 Å². The lowest BCUT2D eigenvalue weighted by molar-refractivity contribution is 0.437. The van der Waals surface area contributed by atoms with Crippen LogP contribution in [0.4, 0.5) is 0 Å². The van der Waals surface area contributed by atoms with E-state index < -0.39 is 0 Å². The number of rotatable bonds is 2. The van der Waals surface area contributed by atoms with Crippen LogP contribution in [0.2, 0.25) is 0 Å². The van der Waals surface area contributed by atoms with Crippen LogP contribution in [0.3, 0.4) is 0 Å². The lowest BCUT2D eigenvalue weighted by Gasteiger charge is -2.16. The number of aromatic nitrogens is 2. The van der Waals surface area contributed by atoms with E-state index in [1.165, 1.54) is 9.13 Å². The van der Waals surface area contributed by atoms with Gasteiger partial charge in [0.05, 0.1) is 17.1 Å². The summed E-state index contributed by atoms with van der Waals surface area (Å²) in [6.07, 6.45) is -0.354. The minimum absolute atomic E-state index is 0.289. The molecule has 1 N–H and O–H groups in total. The first-order valence-electron chi connectivity index (χ1n) is 5.56. The summed E-state index contributed by atoms with van der Waals surface area (Å²) >= 11 is 3.36. The number of benzene rings is 1. The number of hydrogen-bond donors (Lipinski definition) is 1. The average molecular weight is 312 g/mol. The molecule has 0 spiro atoms. The van der Waals surface area contributed by atoms with Crippen molar-refractivity contribution in [3.8, 4) is 0 Å². The molecule has 0 bridgehead atoms. The van der Waals surface area contributed by atoms with Crippen molar-refractivity contribution in [3.05, 3.63) is 43.5 Å². The van der Waals surface area contributed by atoms with Gasteiger partial charge in [-0.05, 0) is 42.0 Å². The summed E-state index contributed by atoms with van der Waals surface area (Å²) in [5.41, 5.74) is 0.00815. The van der Waals surface area contributed by atoms with Gasteiger partial charge in [0.2, 0.25) is 0 Å². The number of nitrogens with zero attached hydrogens (tertiary/aromatic N) is 2. The van der Waals surface area contributed by atoms with Gasteiger partial charge in [-0.3, -0.25) is 9.36 Å². The number of halogens is 1. The van der Waals surface area contributed by atoms with Crippen LogP contribution in [-0.2, 0) is 7.05 Å². The molecule has 0 aliphatic carbocycles. The molecular formula is C12H14BrN3O2. The Morgan fingerprint density at radius 1 is 1.33 bits per heavy atom. The largest absolute Gasteiger partial charge is 0.332 e. The molecule has 0 amide bonds. The van der Waals surface area contributed by atoms with Gasteiger partial charge in [-0.1, -0.05) is 6.07 Å². The van der Waals surface area contributed by atoms with Crippen LogP contribution in [0, 0.1) is 0 Å². The van der Waals surface area contributed by atoms with E-state index >= 15 is 0 Å². The van der Waals surface area contributed by atoms with E-state index in [1.54, 1.807) is 39.2 Å². The van der Waals surface area contributed by atoms with Gasteiger partial charge >= 0.3 is 5.69 Å². The van der Waals surface area contributed by atoms with Crippen molar-refractivity contribution >= 4 is 26.8 Å². The quantitative estimate of drug-likeness (QED) is 0.906. The minimum atomic E-state index is -0.354. The molecule has 1 unspecified atom stereocenters. The van der Waals surface area contributed by atoms with Crippen molar-refractivity contribution in [2.24, 2.45) is 7.05 Å². The van der Waals surface area contributed by atoms with Crippen LogP contribution < -0.4 is 16.6 Å². The third-order valence-electron chi connectivity index (χ3n) is 3.08. The van der Waals surface area contributed by atoms with E-state index in [0.717, 1.165) is 0 Å². The molecule has 18 heavy (non-hydrogen) atoms. The van der Waals surface area contributed by atoms with Crippen molar-refractivity contribution in [3.63, 3.8) is 0 Å². The molecule has 0 saturated heterocycles. The Bertz CT molecular complexity index is 718. The maximum Gasteiger partial charge on any atom is 0.332 e. The molecule has 2 aromatic rings. The van der Waals surface area contributed by atoms with Crippen molar-refractivity contribution in [2.75, 3.05) is 7.05 Å². The Balaban J connectivity index is 3.04. The van der Waals surface area contributed by atoms with Gasteiger partial charge in [0.1, 0.15) is 0 Å². The molecule has 1 aromatic carbocycles. The summed E-state index contributed by atoms with van der Waals surface area (Å²) in [6, 6.07) is 5.36. The fraction of sp³-hybridized carbons (Fsp3) is 0.333. The molecule has 2 rings (SSSR count). The number of nitrogens with one attached hydrogen (secondary N) is 1. The fourth-order valence-corrected chi connectivity index (χ4v) is 2.47. The summed E-state index contributed by atoms with van der Waals surface area (Å²) in [5, 5.41) is 3.42. The molecule has 6 heteroatoms. The van der Waals surface area contributed by atoms with Gasteiger partial charge in [-0.25, -0.2) is 9.36 Å². The van der Waals surface area contributed by atoms with E-state index in [1.807, 2.05) is 0 Å². The Labute approximate surface area is 112 Å². The summed E-state index contributed by atoms with van der Waals surface area (Å²) in [4.78, 5) is 24.6. The van der Waals surface area contributed by atoms with E-state index in [0.29, 0.717) is 15.4 Å². The molecule has 1 atom stereocenters. The number of aryl methyl sites for hydroxylation is 1. The summed E-state index contributed by atoms with van der Waals surface area (Å²) in [5.74, 6) is 0. The van der Waals surface area contributed by atoms with Crippen LogP contribution in [0.25, 0.3) is 10.9 Å². The second-order valence-corrected chi connectivity index (χ2v) is 4.97. The molecule has 0 aliphatic heterocycles. The topological polar surface area (TPSA) is 56.0 Å². The molecule has 0 radical (unpaired) electrons. The average Bonchev–Trinajstić information content (AvgIpc) is 2.35. The standard InChI is InChI=1S/C12H14BrN3O2/c1-7(14-2)16-11(17)10-8(13)5-4-6-9(10)15(3)12(16)18/h4-7,14H,1-3H3. The molecule has 0 fully saturated rings. The number of hydrogen-bond acceptors (Lipinski definition) is 3. The molecule has 0 saturated carbocycles. The zero-order chi connectivity index (χ0) is 13.4. The zero-order valence-corrected chi connectivity index (χ0v) is 12.0. The normalized spacial score (nSPS) is 12.9. The van der Waals surface area contributed by atoms with Crippen molar-refractivity contribution in [1.29, 1.82) is 0 Å². The lowest BCUT2D eigenvalue weighted by atomic mass is 10.2. The Kier molecular flexibility index (Phi) is 3.41. The van der Waals surface area contributed by atoms with Gasteiger partial charge in [0.15, 0.2) is 0 Å². The van der Waals surface area contributed by atoms with E-state index in [2.05, 4.69) is 21.2 Å². The fourth-order valence-electron chi connectivity index (χ4n) is 1.95. The molecular weight excluding hydrogens is 298 g/mol. The highest BCUT2D eigenvalue weighted by Gasteiger charge is 2.15. The molecule has 1 aromatic heterocycles. The second-order valence-electron chi connectivity index (χ2n) is 4.12. The minimum Gasteiger partial charge on any atom is -0.300 e. The maximum atomic E-state index is 12.4. The van der Waals surface area contributed by atoms with Crippen molar-refractivity contribution < 1.29 is 0 Å². The highest BCUT2D eigenvalue weighted by atomic mass is 79.9. The smallest absolute Gasteiger partial charge is 0.300 e. The van der Waals surface area contributed by atoms with Crippen LogP contribution in [0.5, 0.6) is 0 Å². The molecule has 1 heterocycles. The summed E-state index contributed by atoms with van der Waals surface area (Å²) < 4.78 is 3.39. The first-order valence-corrected chi connectivity index (χ1v) is 6.35. The predicted molar refractivity (Wildman–Crippen MR) is 74.9 cm³/mol. The summed E-state index contributed by atoms with van der Waals surface area (Å²) in [7, 11) is 3.37. The van der Waals surface area contributed by atoms with Gasteiger partial charge in [-0.2, -0.15) is 0 Å². The highest BCUT2D eigenvalue weighted by Crippen LogP contribution is 2.19. The molecule has 0 aliphatic rings.